The lowest BCUT2D eigenvalue weighted by atomic mass is 10.6. The number of aromatic nitrogens is 2. The van der Waals surface area contributed by atoms with Gasteiger partial charge < -0.3 is 5.11 Å². The van der Waals surface area contributed by atoms with Gasteiger partial charge in [0, 0.05) is 18.8 Å². The van der Waals surface area contributed by atoms with E-state index in [0.717, 1.165) is 17.5 Å². The van der Waals surface area contributed by atoms with Gasteiger partial charge in [-0.3, -0.25) is 9.48 Å². The van der Waals surface area contributed by atoms with E-state index in [1.807, 2.05) is 0 Å². The fraction of sp³-hybridized carbons (Fsp3) is 0.455. The Hall–Kier alpha value is -1.67. The number of carboxylic acid groups (broad SMARTS) is 1. The van der Waals surface area contributed by atoms with E-state index in [9.17, 15) is 13.2 Å². The number of sulfonamides is 1. The van der Waals surface area contributed by atoms with Gasteiger partial charge in [-0.05, 0) is 12.8 Å². The van der Waals surface area contributed by atoms with Crippen molar-refractivity contribution in [3.05, 3.63) is 25.0 Å². The summed E-state index contributed by atoms with van der Waals surface area (Å²) in [5, 5.41) is 12.4. The van der Waals surface area contributed by atoms with Crippen LogP contribution in [0.25, 0.3) is 0 Å². The average Bonchev–Trinajstić information content (AvgIpc) is 3.04. The molecule has 0 spiro atoms. The van der Waals surface area contributed by atoms with Gasteiger partial charge in [-0.1, -0.05) is 6.08 Å². The second kappa shape index (κ2) is 5.14. The highest BCUT2D eigenvalue weighted by Gasteiger charge is 2.37. The predicted octanol–water partition coefficient (Wildman–Crippen LogP) is 0.307. The van der Waals surface area contributed by atoms with Crippen molar-refractivity contribution in [3.8, 4) is 0 Å². The Kier molecular flexibility index (Phi) is 3.72. The van der Waals surface area contributed by atoms with E-state index in [1.165, 1.54) is 22.8 Å². The Morgan fingerprint density at radius 2 is 2.32 bits per heavy atom. The zero-order valence-corrected chi connectivity index (χ0v) is 11.1. The fourth-order valence-electron chi connectivity index (χ4n) is 1.77. The first-order valence-electron chi connectivity index (χ1n) is 5.82. The molecule has 0 unspecified atom stereocenters. The molecule has 0 radical (unpaired) electrons. The molecule has 1 saturated carbocycles. The van der Waals surface area contributed by atoms with E-state index >= 15 is 0 Å². The molecule has 0 aliphatic heterocycles. The molecule has 1 fully saturated rings. The van der Waals surface area contributed by atoms with Crippen LogP contribution in [0.15, 0.2) is 29.9 Å². The maximum atomic E-state index is 12.4. The molecule has 0 bridgehead atoms. The van der Waals surface area contributed by atoms with Crippen molar-refractivity contribution in [2.45, 2.75) is 30.3 Å². The van der Waals surface area contributed by atoms with Crippen LogP contribution < -0.4 is 0 Å². The molecule has 1 N–H and O–H groups in total. The lowest BCUT2D eigenvalue weighted by Crippen LogP contribution is -2.33. The first-order chi connectivity index (χ1) is 8.95. The summed E-state index contributed by atoms with van der Waals surface area (Å²) in [5.41, 5.74) is 0. The summed E-state index contributed by atoms with van der Waals surface area (Å²) in [5.74, 6) is -1.07. The molecular weight excluding hydrogens is 270 g/mol. The second-order valence-electron chi connectivity index (χ2n) is 4.36. The molecule has 1 aliphatic carbocycles. The minimum atomic E-state index is -3.63. The number of hydrogen-bond acceptors (Lipinski definition) is 4. The van der Waals surface area contributed by atoms with Crippen molar-refractivity contribution in [3.63, 3.8) is 0 Å². The number of hydrogen-bond donors (Lipinski definition) is 1. The third-order valence-electron chi connectivity index (χ3n) is 2.78. The molecule has 1 heterocycles. The molecule has 0 aromatic carbocycles. The average molecular weight is 285 g/mol. The van der Waals surface area contributed by atoms with Gasteiger partial charge in [0.2, 0.25) is 10.0 Å². The third kappa shape index (κ3) is 3.02. The van der Waals surface area contributed by atoms with E-state index < -0.39 is 16.0 Å². The molecule has 1 aromatic heterocycles. The fourth-order valence-corrected chi connectivity index (χ4v) is 3.38. The maximum absolute atomic E-state index is 12.4. The highest BCUT2D eigenvalue weighted by molar-refractivity contribution is 7.89. The van der Waals surface area contributed by atoms with Crippen LogP contribution in [-0.4, -0.2) is 46.2 Å². The van der Waals surface area contributed by atoms with Gasteiger partial charge in [0.15, 0.2) is 0 Å². The topological polar surface area (TPSA) is 92.5 Å². The van der Waals surface area contributed by atoms with Crippen LogP contribution in [0.3, 0.4) is 0 Å². The standard InChI is InChI=1S/C11H15N3O4S/c1-2-5-14(9-3-4-9)19(17,18)10-6-12-13(7-10)8-11(15)16/h2,6-7,9H,1,3-5,8H2,(H,15,16). The normalized spacial score (nSPS) is 15.6. The molecule has 1 aromatic rings. The molecule has 2 rings (SSSR count). The van der Waals surface area contributed by atoms with Gasteiger partial charge >= 0.3 is 5.97 Å². The lowest BCUT2D eigenvalue weighted by Gasteiger charge is -2.18. The van der Waals surface area contributed by atoms with Crippen molar-refractivity contribution < 1.29 is 18.3 Å². The van der Waals surface area contributed by atoms with E-state index in [4.69, 9.17) is 5.11 Å². The minimum absolute atomic E-state index is 0.0162. The summed E-state index contributed by atoms with van der Waals surface area (Å²) in [4.78, 5) is 10.6. The molecule has 8 heteroatoms. The van der Waals surface area contributed by atoms with Crippen LogP contribution in [-0.2, 0) is 21.4 Å². The largest absolute Gasteiger partial charge is 0.480 e. The van der Waals surface area contributed by atoms with Crippen molar-refractivity contribution >= 4 is 16.0 Å². The van der Waals surface area contributed by atoms with Gasteiger partial charge in [0.25, 0.3) is 0 Å². The maximum Gasteiger partial charge on any atom is 0.325 e. The number of rotatable bonds is 7. The summed E-state index contributed by atoms with van der Waals surface area (Å²) in [6, 6.07) is 0.0193. The quantitative estimate of drug-likeness (QED) is 0.728. The zero-order chi connectivity index (χ0) is 14.0. The molecule has 7 nitrogen and oxygen atoms in total. The van der Waals surface area contributed by atoms with Crippen LogP contribution in [0, 0.1) is 0 Å². The monoisotopic (exact) mass is 285 g/mol. The minimum Gasteiger partial charge on any atom is -0.480 e. The Balaban J connectivity index is 2.24. The SMILES string of the molecule is C=CCN(C1CC1)S(=O)(=O)c1cnn(CC(=O)O)c1. The van der Waals surface area contributed by atoms with Crippen molar-refractivity contribution in [2.75, 3.05) is 6.54 Å². The summed E-state index contributed by atoms with van der Waals surface area (Å²) in [7, 11) is -3.63. The van der Waals surface area contributed by atoms with Gasteiger partial charge in [-0.2, -0.15) is 9.40 Å². The van der Waals surface area contributed by atoms with E-state index in [2.05, 4.69) is 11.7 Å². The Labute approximate surface area is 111 Å². The number of nitrogens with zero attached hydrogens (tertiary/aromatic N) is 3. The lowest BCUT2D eigenvalue weighted by molar-refractivity contribution is -0.137. The summed E-state index contributed by atoms with van der Waals surface area (Å²) < 4.78 is 27.2. The molecule has 0 amide bonds. The highest BCUT2D eigenvalue weighted by atomic mass is 32.2. The molecule has 0 atom stereocenters. The Morgan fingerprint density at radius 3 is 2.84 bits per heavy atom. The van der Waals surface area contributed by atoms with Gasteiger partial charge in [0.1, 0.15) is 11.4 Å². The second-order valence-corrected chi connectivity index (χ2v) is 6.25. The van der Waals surface area contributed by atoms with E-state index in [1.54, 1.807) is 0 Å². The van der Waals surface area contributed by atoms with Gasteiger partial charge in [0.05, 0.1) is 6.20 Å². The summed E-state index contributed by atoms with van der Waals surface area (Å²) >= 11 is 0. The Morgan fingerprint density at radius 1 is 1.63 bits per heavy atom. The molecule has 1 aliphatic rings. The predicted molar refractivity (Wildman–Crippen MR) is 67.0 cm³/mol. The third-order valence-corrected chi connectivity index (χ3v) is 4.65. The van der Waals surface area contributed by atoms with Crippen LogP contribution in [0.4, 0.5) is 0 Å². The zero-order valence-electron chi connectivity index (χ0n) is 10.3. The van der Waals surface area contributed by atoms with Crippen LogP contribution in [0.2, 0.25) is 0 Å². The molecule has 19 heavy (non-hydrogen) atoms. The number of carboxylic acids is 1. The number of aliphatic carboxylic acids is 1. The van der Waals surface area contributed by atoms with Crippen LogP contribution in [0.5, 0.6) is 0 Å². The van der Waals surface area contributed by atoms with Crippen LogP contribution >= 0.6 is 0 Å². The molecule has 0 saturated heterocycles. The van der Waals surface area contributed by atoms with E-state index in [0.29, 0.717) is 0 Å². The molecular formula is C11H15N3O4S. The Bertz CT molecular complexity index is 589. The first kappa shape index (κ1) is 13.8. The van der Waals surface area contributed by atoms with E-state index in [-0.39, 0.29) is 24.0 Å². The number of carbonyl (C=O) groups is 1. The van der Waals surface area contributed by atoms with Gasteiger partial charge in [-0.15, -0.1) is 6.58 Å². The molecule has 104 valence electrons. The van der Waals surface area contributed by atoms with Crippen molar-refractivity contribution in [1.82, 2.24) is 14.1 Å². The van der Waals surface area contributed by atoms with Gasteiger partial charge in [-0.25, -0.2) is 8.42 Å². The van der Waals surface area contributed by atoms with Crippen LogP contribution in [0.1, 0.15) is 12.8 Å². The smallest absolute Gasteiger partial charge is 0.325 e. The van der Waals surface area contributed by atoms with Crippen molar-refractivity contribution in [1.29, 1.82) is 0 Å². The highest BCUT2D eigenvalue weighted by Crippen LogP contribution is 2.31. The summed E-state index contributed by atoms with van der Waals surface area (Å²) in [6.07, 6.45) is 5.64. The first-order valence-corrected chi connectivity index (χ1v) is 7.26. The van der Waals surface area contributed by atoms with Crippen molar-refractivity contribution in [2.24, 2.45) is 0 Å². The summed E-state index contributed by atoms with van der Waals surface area (Å²) in [6.45, 7) is 3.44.